The van der Waals surface area contributed by atoms with E-state index < -0.39 is 40.2 Å². The van der Waals surface area contributed by atoms with E-state index in [0.29, 0.717) is 5.56 Å². The van der Waals surface area contributed by atoms with E-state index in [-0.39, 0.29) is 35.9 Å². The molecule has 0 aliphatic heterocycles. The van der Waals surface area contributed by atoms with Crippen LogP contribution in [0.2, 0.25) is 0 Å². The number of hydrogen-bond acceptors (Lipinski definition) is 5. The van der Waals surface area contributed by atoms with Gasteiger partial charge >= 0.3 is 0 Å². The van der Waals surface area contributed by atoms with Gasteiger partial charge in [-0.25, -0.2) is 12.8 Å². The molecule has 0 saturated carbocycles. The number of nitrogens with zero attached hydrogens (tertiary/aromatic N) is 2. The zero-order valence-electron chi connectivity index (χ0n) is 24.9. The Hall–Kier alpha value is -4.70. The molecule has 0 aliphatic carbocycles. The molecule has 1 unspecified atom stereocenters. The van der Waals surface area contributed by atoms with Crippen molar-refractivity contribution in [1.82, 2.24) is 10.2 Å². The topological polar surface area (TPSA) is 96.0 Å². The lowest BCUT2D eigenvalue weighted by Gasteiger charge is -2.34. The van der Waals surface area contributed by atoms with Crippen molar-refractivity contribution in [3.63, 3.8) is 0 Å². The number of sulfonamides is 1. The molecule has 44 heavy (non-hydrogen) atoms. The van der Waals surface area contributed by atoms with Gasteiger partial charge in [0, 0.05) is 20.0 Å². The highest BCUT2D eigenvalue weighted by atomic mass is 32.2. The fourth-order valence-electron chi connectivity index (χ4n) is 4.80. The summed E-state index contributed by atoms with van der Waals surface area (Å²) in [4.78, 5) is 29.1. The van der Waals surface area contributed by atoms with Crippen molar-refractivity contribution in [3.8, 4) is 5.75 Å². The molecule has 0 aromatic heterocycles. The van der Waals surface area contributed by atoms with Crippen molar-refractivity contribution in [1.29, 1.82) is 0 Å². The van der Waals surface area contributed by atoms with Crippen molar-refractivity contribution in [2.75, 3.05) is 24.5 Å². The Kier molecular flexibility index (Phi) is 10.7. The Morgan fingerprint density at radius 1 is 0.864 bits per heavy atom. The molecule has 230 valence electrons. The largest absolute Gasteiger partial charge is 0.492 e. The number of nitrogens with one attached hydrogen (secondary N) is 1. The highest BCUT2D eigenvalue weighted by Gasteiger charge is 2.35. The molecule has 4 aromatic carbocycles. The van der Waals surface area contributed by atoms with Gasteiger partial charge < -0.3 is 15.0 Å². The summed E-state index contributed by atoms with van der Waals surface area (Å²) in [7, 11) is -2.79. The van der Waals surface area contributed by atoms with Crippen molar-refractivity contribution < 1.29 is 27.1 Å². The van der Waals surface area contributed by atoms with Crippen LogP contribution in [0.15, 0.2) is 108 Å². The second-order valence-corrected chi connectivity index (χ2v) is 12.1. The SMILES string of the molecule is CCOc1ccccc1N(CC(=O)N(Cc1ccc(F)cc1)C(Cc1ccccc1)C(=O)NC)S(=O)(=O)c1ccc(C)cc1. The van der Waals surface area contributed by atoms with Crippen LogP contribution in [0.4, 0.5) is 10.1 Å². The zero-order valence-corrected chi connectivity index (χ0v) is 25.8. The van der Waals surface area contributed by atoms with E-state index in [1.165, 1.54) is 48.3 Å². The summed E-state index contributed by atoms with van der Waals surface area (Å²) in [6, 6.07) is 26.8. The Morgan fingerprint density at radius 3 is 2.14 bits per heavy atom. The van der Waals surface area contributed by atoms with E-state index in [1.54, 1.807) is 43.3 Å². The van der Waals surface area contributed by atoms with Gasteiger partial charge in [-0.15, -0.1) is 0 Å². The fraction of sp³-hybridized carbons (Fsp3) is 0.235. The third-order valence-electron chi connectivity index (χ3n) is 7.11. The Morgan fingerprint density at radius 2 is 1.50 bits per heavy atom. The van der Waals surface area contributed by atoms with E-state index >= 15 is 0 Å². The molecule has 10 heteroatoms. The number of halogens is 1. The number of benzene rings is 4. The highest BCUT2D eigenvalue weighted by Crippen LogP contribution is 2.33. The van der Waals surface area contributed by atoms with Gasteiger partial charge in [-0.3, -0.25) is 13.9 Å². The number of rotatable bonds is 13. The summed E-state index contributed by atoms with van der Waals surface area (Å²) in [6.45, 7) is 3.22. The normalized spacial score (nSPS) is 11.8. The van der Waals surface area contributed by atoms with Crippen LogP contribution in [-0.2, 0) is 32.6 Å². The van der Waals surface area contributed by atoms with Crippen LogP contribution in [0.5, 0.6) is 5.75 Å². The number of carbonyl (C=O) groups is 2. The standard InChI is InChI=1S/C34H36FN3O5S/c1-4-43-32-13-9-8-12-30(32)38(44(41,42)29-20-14-25(2)15-21-29)24-33(39)37(23-27-16-18-28(35)19-17-27)31(34(40)36-3)22-26-10-6-5-7-11-26/h5-21,31H,4,22-24H2,1-3H3,(H,36,40). The maximum atomic E-state index is 14.4. The van der Waals surface area contributed by atoms with Gasteiger partial charge in [-0.05, 0) is 61.4 Å². The molecule has 0 heterocycles. The summed E-state index contributed by atoms with van der Waals surface area (Å²) in [5.41, 5.74) is 2.44. The van der Waals surface area contributed by atoms with Crippen LogP contribution in [0.25, 0.3) is 0 Å². The smallest absolute Gasteiger partial charge is 0.264 e. The molecule has 8 nitrogen and oxygen atoms in total. The van der Waals surface area contributed by atoms with E-state index in [9.17, 15) is 22.4 Å². The first-order chi connectivity index (χ1) is 21.1. The van der Waals surface area contributed by atoms with Crippen molar-refractivity contribution in [2.45, 2.75) is 37.8 Å². The Balaban J connectivity index is 1.82. The third kappa shape index (κ3) is 7.82. The Labute approximate surface area is 258 Å². The summed E-state index contributed by atoms with van der Waals surface area (Å²) >= 11 is 0. The molecule has 4 aromatic rings. The average molecular weight is 618 g/mol. The lowest BCUT2D eigenvalue weighted by molar-refractivity contribution is -0.139. The number of likely N-dealkylation sites (N-methyl/N-ethyl adjacent to an activating group) is 1. The average Bonchev–Trinajstić information content (AvgIpc) is 3.03. The summed E-state index contributed by atoms with van der Waals surface area (Å²) in [6.07, 6.45) is 0.174. The molecule has 0 radical (unpaired) electrons. The van der Waals surface area contributed by atoms with Gasteiger partial charge in [0.1, 0.15) is 24.2 Å². The molecule has 1 atom stereocenters. The molecule has 0 spiro atoms. The minimum Gasteiger partial charge on any atom is -0.492 e. The van der Waals surface area contributed by atoms with Crippen LogP contribution < -0.4 is 14.4 Å². The lowest BCUT2D eigenvalue weighted by atomic mass is 10.0. The second kappa shape index (κ2) is 14.7. The predicted molar refractivity (Wildman–Crippen MR) is 168 cm³/mol. The number of hydrogen-bond donors (Lipinski definition) is 1. The van der Waals surface area contributed by atoms with Gasteiger partial charge in [0.25, 0.3) is 10.0 Å². The maximum absolute atomic E-state index is 14.4. The number of aryl methyl sites for hydroxylation is 1. The number of para-hydroxylation sites is 2. The fourth-order valence-corrected chi connectivity index (χ4v) is 6.22. The summed E-state index contributed by atoms with van der Waals surface area (Å²) in [5.74, 6) is -1.20. The van der Waals surface area contributed by atoms with E-state index in [0.717, 1.165) is 15.4 Å². The summed E-state index contributed by atoms with van der Waals surface area (Å²) in [5, 5.41) is 2.64. The molecule has 0 bridgehead atoms. The molecule has 0 saturated heterocycles. The Bertz CT molecular complexity index is 1660. The van der Waals surface area contributed by atoms with E-state index in [2.05, 4.69) is 5.32 Å². The first-order valence-corrected chi connectivity index (χ1v) is 15.7. The number of carbonyl (C=O) groups excluding carboxylic acids is 2. The van der Waals surface area contributed by atoms with Gasteiger partial charge in [0.05, 0.1) is 17.2 Å². The van der Waals surface area contributed by atoms with Gasteiger partial charge in [0.2, 0.25) is 11.8 Å². The quantitative estimate of drug-likeness (QED) is 0.225. The zero-order chi connectivity index (χ0) is 31.7. The molecule has 1 N–H and O–H groups in total. The van der Waals surface area contributed by atoms with E-state index in [1.807, 2.05) is 37.3 Å². The number of amides is 2. The van der Waals surface area contributed by atoms with Crippen molar-refractivity contribution >= 4 is 27.5 Å². The first-order valence-electron chi connectivity index (χ1n) is 14.2. The van der Waals surface area contributed by atoms with Crippen LogP contribution in [0.1, 0.15) is 23.6 Å². The molecular formula is C34H36FN3O5S. The molecule has 0 aliphatic rings. The molecule has 0 fully saturated rings. The minimum atomic E-state index is -4.27. The van der Waals surface area contributed by atoms with Gasteiger partial charge in [-0.1, -0.05) is 72.3 Å². The van der Waals surface area contributed by atoms with E-state index in [4.69, 9.17) is 4.74 Å². The van der Waals surface area contributed by atoms with Crippen molar-refractivity contribution in [2.24, 2.45) is 0 Å². The van der Waals surface area contributed by atoms with Crippen LogP contribution >= 0.6 is 0 Å². The first kappa shape index (κ1) is 32.2. The van der Waals surface area contributed by atoms with Crippen LogP contribution in [-0.4, -0.2) is 51.4 Å². The van der Waals surface area contributed by atoms with Gasteiger partial charge in [-0.2, -0.15) is 0 Å². The van der Waals surface area contributed by atoms with Crippen LogP contribution in [0, 0.1) is 12.7 Å². The monoisotopic (exact) mass is 617 g/mol. The minimum absolute atomic E-state index is 0.000534. The second-order valence-electron chi connectivity index (χ2n) is 10.2. The summed E-state index contributed by atoms with van der Waals surface area (Å²) < 4.78 is 48.9. The molecular weight excluding hydrogens is 581 g/mol. The predicted octanol–water partition coefficient (Wildman–Crippen LogP) is 5.11. The van der Waals surface area contributed by atoms with Crippen molar-refractivity contribution in [3.05, 3.63) is 126 Å². The third-order valence-corrected chi connectivity index (χ3v) is 8.88. The van der Waals surface area contributed by atoms with Gasteiger partial charge in [0.15, 0.2) is 0 Å². The molecule has 2 amide bonds. The lowest BCUT2D eigenvalue weighted by Crippen LogP contribution is -2.53. The van der Waals surface area contributed by atoms with Crippen LogP contribution in [0.3, 0.4) is 0 Å². The highest BCUT2D eigenvalue weighted by molar-refractivity contribution is 7.92. The number of anilines is 1. The maximum Gasteiger partial charge on any atom is 0.264 e. The number of ether oxygens (including phenoxy) is 1. The molecule has 4 rings (SSSR count).